The summed E-state index contributed by atoms with van der Waals surface area (Å²) in [5.74, 6) is 0.363. The van der Waals surface area contributed by atoms with Gasteiger partial charge in [0, 0.05) is 10.6 Å². The summed E-state index contributed by atoms with van der Waals surface area (Å²) >= 11 is 6.64. The predicted molar refractivity (Wildman–Crippen MR) is 122 cm³/mol. The van der Waals surface area contributed by atoms with Crippen molar-refractivity contribution < 1.29 is 23.9 Å². The summed E-state index contributed by atoms with van der Waals surface area (Å²) in [5.41, 5.74) is 1.08. The monoisotopic (exact) mass is 459 g/mol. The van der Waals surface area contributed by atoms with E-state index >= 15 is 0 Å². The first kappa shape index (κ1) is 22.9. The third-order valence-corrected chi connectivity index (χ3v) is 5.53. The minimum Gasteiger partial charge on any atom is -0.490 e. The van der Waals surface area contributed by atoms with Crippen LogP contribution in [0.3, 0.4) is 0 Å². The Morgan fingerprint density at radius 2 is 1.81 bits per heavy atom. The molecule has 1 aliphatic heterocycles. The van der Waals surface area contributed by atoms with Crippen molar-refractivity contribution in [3.05, 3.63) is 63.5 Å². The summed E-state index contributed by atoms with van der Waals surface area (Å²) in [5, 5.41) is 0.0229. The molecule has 0 bridgehead atoms. The molecule has 0 unspecified atom stereocenters. The third kappa shape index (κ3) is 5.68. The Hall–Kier alpha value is -2.77. The normalized spacial score (nSPS) is 14.9. The number of rotatable bonds is 9. The van der Waals surface area contributed by atoms with Crippen LogP contribution in [0.4, 0.5) is 4.79 Å². The molecule has 2 aromatic carbocycles. The molecule has 1 saturated heterocycles. The minimum atomic E-state index is -0.499. The van der Waals surface area contributed by atoms with E-state index in [1.165, 1.54) is 0 Å². The Bertz CT molecular complexity index is 1020. The molecular formula is C23H22ClNO5S. The Morgan fingerprint density at radius 3 is 2.48 bits per heavy atom. The van der Waals surface area contributed by atoms with Crippen LogP contribution in [0.15, 0.2) is 47.4 Å². The van der Waals surface area contributed by atoms with Crippen molar-refractivity contribution >= 4 is 46.4 Å². The van der Waals surface area contributed by atoms with Crippen molar-refractivity contribution in [1.82, 2.24) is 4.90 Å². The molecule has 0 radical (unpaired) electrons. The Morgan fingerprint density at radius 1 is 1.06 bits per heavy atom. The third-order valence-electron chi connectivity index (χ3n) is 4.37. The molecule has 0 spiro atoms. The molecule has 1 aliphatic rings. The first-order valence-corrected chi connectivity index (χ1v) is 11.1. The van der Waals surface area contributed by atoms with Gasteiger partial charge >= 0.3 is 0 Å². The summed E-state index contributed by atoms with van der Waals surface area (Å²) in [4.78, 5) is 38.8. The van der Waals surface area contributed by atoms with Crippen LogP contribution in [0.2, 0.25) is 5.02 Å². The van der Waals surface area contributed by atoms with Gasteiger partial charge in [0.2, 0.25) is 0 Å². The Labute approximate surface area is 190 Å². The fourth-order valence-electron chi connectivity index (χ4n) is 2.87. The number of imide groups is 1. The van der Waals surface area contributed by atoms with Crippen LogP contribution in [0.5, 0.6) is 11.5 Å². The van der Waals surface area contributed by atoms with E-state index in [0.717, 1.165) is 23.1 Å². The molecule has 31 heavy (non-hydrogen) atoms. The van der Waals surface area contributed by atoms with Crippen LogP contribution in [0, 0.1) is 0 Å². The molecule has 6 nitrogen and oxygen atoms in total. The number of benzene rings is 2. The second kappa shape index (κ2) is 10.5. The van der Waals surface area contributed by atoms with Crippen LogP contribution in [-0.4, -0.2) is 41.6 Å². The molecule has 162 valence electrons. The second-order valence-corrected chi connectivity index (χ2v) is 8.12. The fraction of sp³-hybridized carbons (Fsp3) is 0.261. The lowest BCUT2D eigenvalue weighted by atomic mass is 10.1. The van der Waals surface area contributed by atoms with Crippen molar-refractivity contribution in [2.75, 3.05) is 19.8 Å². The van der Waals surface area contributed by atoms with Crippen molar-refractivity contribution in [3.63, 3.8) is 0 Å². The summed E-state index contributed by atoms with van der Waals surface area (Å²) < 4.78 is 11.3. The van der Waals surface area contributed by atoms with Crippen LogP contribution in [0.25, 0.3) is 6.08 Å². The molecule has 1 fully saturated rings. The summed E-state index contributed by atoms with van der Waals surface area (Å²) in [7, 11) is 0. The van der Waals surface area contributed by atoms with E-state index in [1.807, 2.05) is 13.8 Å². The SMILES string of the molecule is CCCOc1ccc(/C=C2\SC(=O)N(CC(=O)c3ccc(Cl)cc3)C2=O)cc1OCC. The lowest BCUT2D eigenvalue weighted by Crippen LogP contribution is -2.33. The molecule has 3 rings (SSSR count). The van der Waals surface area contributed by atoms with E-state index in [2.05, 4.69) is 0 Å². The maximum Gasteiger partial charge on any atom is 0.293 e. The number of ether oxygens (including phenoxy) is 2. The van der Waals surface area contributed by atoms with Gasteiger partial charge in [-0.1, -0.05) is 24.6 Å². The minimum absolute atomic E-state index is 0.249. The van der Waals surface area contributed by atoms with Gasteiger partial charge < -0.3 is 9.47 Å². The largest absolute Gasteiger partial charge is 0.490 e. The van der Waals surface area contributed by atoms with Crippen molar-refractivity contribution in [3.8, 4) is 11.5 Å². The smallest absolute Gasteiger partial charge is 0.293 e. The molecule has 2 aromatic rings. The number of carbonyl (C=O) groups is 3. The number of hydrogen-bond acceptors (Lipinski definition) is 6. The van der Waals surface area contributed by atoms with Gasteiger partial charge in [-0.25, -0.2) is 0 Å². The average molecular weight is 460 g/mol. The fourth-order valence-corrected chi connectivity index (χ4v) is 3.84. The van der Waals surface area contributed by atoms with E-state index in [1.54, 1.807) is 48.5 Å². The van der Waals surface area contributed by atoms with E-state index in [0.29, 0.717) is 40.9 Å². The van der Waals surface area contributed by atoms with Gasteiger partial charge in [-0.15, -0.1) is 0 Å². The number of halogens is 1. The highest BCUT2D eigenvalue weighted by Crippen LogP contribution is 2.35. The molecular weight excluding hydrogens is 438 g/mol. The van der Waals surface area contributed by atoms with Crippen molar-refractivity contribution in [1.29, 1.82) is 0 Å². The van der Waals surface area contributed by atoms with E-state index < -0.39 is 11.1 Å². The molecule has 0 saturated carbocycles. The molecule has 0 N–H and O–H groups in total. The van der Waals surface area contributed by atoms with Gasteiger partial charge in [-0.3, -0.25) is 19.3 Å². The lowest BCUT2D eigenvalue weighted by Gasteiger charge is -2.12. The number of amides is 2. The standard InChI is InChI=1S/C23H22ClNO5S/c1-3-11-30-19-10-5-15(12-20(19)29-4-2)13-21-22(27)25(23(28)31-21)14-18(26)16-6-8-17(24)9-7-16/h5-10,12-13H,3-4,11,14H2,1-2H3/b21-13-. The first-order valence-electron chi connectivity index (χ1n) is 9.86. The quantitative estimate of drug-likeness (QED) is 0.367. The second-order valence-electron chi connectivity index (χ2n) is 6.69. The van der Waals surface area contributed by atoms with Crippen LogP contribution in [0.1, 0.15) is 36.2 Å². The maximum atomic E-state index is 12.7. The zero-order chi connectivity index (χ0) is 22.4. The molecule has 1 heterocycles. The number of Topliss-reactive ketones (excluding diaryl/α,β-unsaturated/α-hetero) is 1. The van der Waals surface area contributed by atoms with Crippen LogP contribution in [-0.2, 0) is 4.79 Å². The van der Waals surface area contributed by atoms with Crippen molar-refractivity contribution in [2.45, 2.75) is 20.3 Å². The summed E-state index contributed by atoms with van der Waals surface area (Å²) in [6.07, 6.45) is 2.49. The zero-order valence-electron chi connectivity index (χ0n) is 17.2. The molecule has 8 heteroatoms. The van der Waals surface area contributed by atoms with E-state index in [4.69, 9.17) is 21.1 Å². The van der Waals surface area contributed by atoms with E-state index in [9.17, 15) is 14.4 Å². The lowest BCUT2D eigenvalue weighted by molar-refractivity contribution is -0.122. The number of ketones is 1. The van der Waals surface area contributed by atoms with Gasteiger partial charge in [0.05, 0.1) is 24.7 Å². The topological polar surface area (TPSA) is 72.9 Å². The summed E-state index contributed by atoms with van der Waals surface area (Å²) in [6.45, 7) is 4.61. The van der Waals surface area contributed by atoms with Gasteiger partial charge in [-0.2, -0.15) is 0 Å². The molecule has 2 amide bonds. The Kier molecular flexibility index (Phi) is 7.76. The van der Waals surface area contributed by atoms with Gasteiger partial charge in [0.25, 0.3) is 11.1 Å². The van der Waals surface area contributed by atoms with E-state index in [-0.39, 0.29) is 17.2 Å². The van der Waals surface area contributed by atoms with Gasteiger partial charge in [-0.05, 0) is 73.1 Å². The number of carbonyl (C=O) groups excluding carboxylic acids is 3. The highest BCUT2D eigenvalue weighted by molar-refractivity contribution is 8.18. The number of thioether (sulfide) groups is 1. The van der Waals surface area contributed by atoms with Gasteiger partial charge in [0.1, 0.15) is 0 Å². The Balaban J connectivity index is 1.77. The van der Waals surface area contributed by atoms with Crippen molar-refractivity contribution in [2.24, 2.45) is 0 Å². The highest BCUT2D eigenvalue weighted by Gasteiger charge is 2.36. The molecule has 0 aliphatic carbocycles. The molecule has 0 atom stereocenters. The van der Waals surface area contributed by atoms with Gasteiger partial charge in [0.15, 0.2) is 17.3 Å². The number of hydrogen-bond donors (Lipinski definition) is 0. The molecule has 0 aromatic heterocycles. The zero-order valence-corrected chi connectivity index (χ0v) is 18.8. The predicted octanol–water partition coefficient (Wildman–Crippen LogP) is 5.45. The van der Waals surface area contributed by atoms with Crippen LogP contribution >= 0.6 is 23.4 Å². The average Bonchev–Trinajstić information content (AvgIpc) is 3.01. The first-order chi connectivity index (χ1) is 14.9. The maximum absolute atomic E-state index is 12.7. The number of nitrogens with zero attached hydrogens (tertiary/aromatic N) is 1. The summed E-state index contributed by atoms with van der Waals surface area (Å²) in [6, 6.07) is 11.6. The van der Waals surface area contributed by atoms with Crippen LogP contribution < -0.4 is 9.47 Å². The highest BCUT2D eigenvalue weighted by atomic mass is 35.5.